The predicted octanol–water partition coefficient (Wildman–Crippen LogP) is -0.500. The van der Waals surface area contributed by atoms with E-state index in [-0.39, 0.29) is 5.03 Å². The van der Waals surface area contributed by atoms with E-state index in [1.807, 2.05) is 26.0 Å². The second-order valence-corrected chi connectivity index (χ2v) is 4.23. The summed E-state index contributed by atoms with van der Waals surface area (Å²) in [6, 6.07) is 1.18. The van der Waals surface area contributed by atoms with Gasteiger partial charge in [-0.05, 0) is 21.1 Å². The molecule has 1 aromatic rings. The molecule has 0 saturated carbocycles. The zero-order chi connectivity index (χ0) is 10.5. The molecule has 0 radical (unpaired) electrons. The van der Waals surface area contributed by atoms with E-state index in [2.05, 4.69) is 14.8 Å². The fourth-order valence-electron chi connectivity index (χ4n) is 0.348. The van der Waals surface area contributed by atoms with Gasteiger partial charge in [-0.25, -0.2) is 13.6 Å². The van der Waals surface area contributed by atoms with Crippen molar-refractivity contribution in [3.05, 3.63) is 12.3 Å². The molecule has 0 fully saturated rings. The van der Waals surface area contributed by atoms with Gasteiger partial charge in [-0.15, -0.1) is 0 Å². The summed E-state index contributed by atoms with van der Waals surface area (Å²) in [6.07, 6.45) is 1.14. The van der Waals surface area contributed by atoms with Crippen LogP contribution in [-0.2, 0) is 10.0 Å². The summed E-state index contributed by atoms with van der Waals surface area (Å²) in [6.45, 7) is 0. The second-order valence-electron chi connectivity index (χ2n) is 2.72. The van der Waals surface area contributed by atoms with Crippen molar-refractivity contribution in [1.82, 2.24) is 10.1 Å². The molecule has 0 aromatic carbocycles. The van der Waals surface area contributed by atoms with Gasteiger partial charge in [0.05, 0.1) is 0 Å². The highest BCUT2D eigenvalue weighted by Crippen LogP contribution is 1.99. The zero-order valence-electron chi connectivity index (χ0n) is 7.76. The highest BCUT2D eigenvalue weighted by molar-refractivity contribution is 7.89. The van der Waals surface area contributed by atoms with E-state index in [4.69, 9.17) is 0 Å². The van der Waals surface area contributed by atoms with Crippen LogP contribution in [0.4, 0.5) is 0 Å². The monoisotopic (exact) mass is 207 g/mol. The van der Waals surface area contributed by atoms with Gasteiger partial charge in [0, 0.05) is 6.07 Å². The molecule has 0 unspecified atom stereocenters. The van der Waals surface area contributed by atoms with E-state index >= 15 is 0 Å². The van der Waals surface area contributed by atoms with Crippen LogP contribution in [0.5, 0.6) is 0 Å². The largest absolute Gasteiger partial charge is 0.363 e. The molecule has 13 heavy (non-hydrogen) atoms. The van der Waals surface area contributed by atoms with Crippen LogP contribution >= 0.6 is 0 Å². The van der Waals surface area contributed by atoms with E-state index in [1.54, 1.807) is 0 Å². The Bertz CT molecular complexity index is 314. The summed E-state index contributed by atoms with van der Waals surface area (Å²) in [5.41, 5.74) is 0. The van der Waals surface area contributed by atoms with E-state index < -0.39 is 10.0 Å². The van der Waals surface area contributed by atoms with E-state index in [0.717, 1.165) is 6.26 Å². The Hall–Kier alpha value is -0.920. The molecule has 0 spiro atoms. The minimum atomic E-state index is -3.66. The molecule has 1 heterocycles. The van der Waals surface area contributed by atoms with Gasteiger partial charge in [-0.3, -0.25) is 0 Å². The third kappa shape index (κ3) is 6.26. The van der Waals surface area contributed by atoms with E-state index in [1.165, 1.54) is 6.07 Å². The first kappa shape index (κ1) is 12.1. The average molecular weight is 207 g/mol. The van der Waals surface area contributed by atoms with Crippen molar-refractivity contribution < 1.29 is 12.9 Å². The number of rotatable bonds is 1. The van der Waals surface area contributed by atoms with Crippen molar-refractivity contribution in [2.75, 3.05) is 21.1 Å². The number of hydrogen-bond acceptors (Lipinski definition) is 5. The van der Waals surface area contributed by atoms with Crippen LogP contribution in [0.1, 0.15) is 0 Å². The van der Waals surface area contributed by atoms with Gasteiger partial charge in [0.2, 0.25) is 5.03 Å². The molecule has 0 aliphatic rings. The van der Waals surface area contributed by atoms with Crippen LogP contribution in [0.25, 0.3) is 0 Å². The van der Waals surface area contributed by atoms with Crippen molar-refractivity contribution in [3.63, 3.8) is 0 Å². The SMILES string of the molecule is CN(C)C.NS(=O)(=O)c1ccon1. The standard InChI is InChI=1S/C3H4N2O3S.C3H9N/c4-9(6,7)3-1-2-8-5-3;1-4(2)3/h1-2H,(H2,4,6,7);1-3H3. The van der Waals surface area contributed by atoms with Gasteiger partial charge < -0.3 is 9.42 Å². The molecule has 0 bridgehead atoms. The molecular formula is C6H13N3O3S. The molecule has 6 nitrogen and oxygen atoms in total. The first-order valence-corrected chi connectivity index (χ1v) is 4.93. The van der Waals surface area contributed by atoms with E-state index in [0.29, 0.717) is 0 Å². The Labute approximate surface area is 77.4 Å². The van der Waals surface area contributed by atoms with Crippen molar-refractivity contribution >= 4 is 10.0 Å². The molecule has 76 valence electrons. The van der Waals surface area contributed by atoms with Crippen LogP contribution < -0.4 is 5.14 Å². The summed E-state index contributed by atoms with van der Waals surface area (Å²) in [5, 5.41) is 7.50. The number of aromatic nitrogens is 1. The first-order valence-electron chi connectivity index (χ1n) is 3.38. The summed E-state index contributed by atoms with van der Waals surface area (Å²) in [4.78, 5) is 2.00. The number of primary sulfonamides is 1. The molecule has 7 heteroatoms. The van der Waals surface area contributed by atoms with Crippen LogP contribution in [-0.4, -0.2) is 39.6 Å². The molecule has 0 amide bonds. The summed E-state index contributed by atoms with van der Waals surface area (Å²) in [5.74, 6) is 0. The molecule has 0 atom stereocenters. The van der Waals surface area contributed by atoms with E-state index in [9.17, 15) is 8.42 Å². The van der Waals surface area contributed by atoms with Crippen molar-refractivity contribution in [3.8, 4) is 0 Å². The molecule has 0 aliphatic carbocycles. The molecule has 0 saturated heterocycles. The van der Waals surface area contributed by atoms with Crippen molar-refractivity contribution in [2.45, 2.75) is 5.03 Å². The Morgan fingerprint density at radius 3 is 2.08 bits per heavy atom. The molecule has 1 aromatic heterocycles. The summed E-state index contributed by atoms with van der Waals surface area (Å²) < 4.78 is 24.9. The highest BCUT2D eigenvalue weighted by Gasteiger charge is 2.09. The molecule has 0 aliphatic heterocycles. The Kier molecular flexibility index (Phi) is 4.60. The van der Waals surface area contributed by atoms with Crippen LogP contribution in [0, 0.1) is 0 Å². The smallest absolute Gasteiger partial charge is 0.259 e. The number of nitrogens with zero attached hydrogens (tertiary/aromatic N) is 2. The third-order valence-electron chi connectivity index (χ3n) is 0.706. The lowest BCUT2D eigenvalue weighted by atomic mass is 10.8. The maximum Gasteiger partial charge on any atom is 0.259 e. The topological polar surface area (TPSA) is 89.4 Å². The van der Waals surface area contributed by atoms with Crippen molar-refractivity contribution in [2.24, 2.45) is 5.14 Å². The van der Waals surface area contributed by atoms with Gasteiger partial charge in [-0.2, -0.15) is 0 Å². The fraction of sp³-hybridized carbons (Fsp3) is 0.500. The normalized spacial score (nSPS) is 10.8. The second kappa shape index (κ2) is 4.95. The molecule has 1 rings (SSSR count). The highest BCUT2D eigenvalue weighted by atomic mass is 32.2. The van der Waals surface area contributed by atoms with Gasteiger partial charge in [0.25, 0.3) is 10.0 Å². The average Bonchev–Trinajstić information content (AvgIpc) is 2.31. The number of nitrogens with two attached hydrogens (primary N) is 1. The number of sulfonamides is 1. The minimum Gasteiger partial charge on any atom is -0.363 e. The van der Waals surface area contributed by atoms with Crippen LogP contribution in [0.15, 0.2) is 21.9 Å². The number of hydrogen-bond donors (Lipinski definition) is 1. The van der Waals surface area contributed by atoms with Gasteiger partial charge >= 0.3 is 0 Å². The summed E-state index contributed by atoms with van der Waals surface area (Å²) >= 11 is 0. The fourth-order valence-corrected chi connectivity index (χ4v) is 0.740. The van der Waals surface area contributed by atoms with Gasteiger partial charge in [0.1, 0.15) is 6.26 Å². The Morgan fingerprint density at radius 2 is 1.92 bits per heavy atom. The van der Waals surface area contributed by atoms with Gasteiger partial charge in [0.15, 0.2) is 0 Å². The lowest BCUT2D eigenvalue weighted by Crippen LogP contribution is -2.12. The predicted molar refractivity (Wildman–Crippen MR) is 47.5 cm³/mol. The van der Waals surface area contributed by atoms with Crippen LogP contribution in [0.2, 0.25) is 0 Å². The lowest BCUT2D eigenvalue weighted by Gasteiger charge is -1.90. The summed E-state index contributed by atoms with van der Waals surface area (Å²) in [7, 11) is 2.34. The minimum absolute atomic E-state index is 0.248. The molecule has 2 N–H and O–H groups in total. The van der Waals surface area contributed by atoms with Gasteiger partial charge in [-0.1, -0.05) is 5.16 Å². The lowest BCUT2D eigenvalue weighted by molar-refractivity contribution is 0.400. The maximum atomic E-state index is 10.3. The van der Waals surface area contributed by atoms with Crippen LogP contribution in [0.3, 0.4) is 0 Å². The zero-order valence-corrected chi connectivity index (χ0v) is 8.58. The quantitative estimate of drug-likeness (QED) is 0.670. The molecular weight excluding hydrogens is 194 g/mol. The first-order chi connectivity index (χ1) is 5.84. The van der Waals surface area contributed by atoms with Crippen molar-refractivity contribution in [1.29, 1.82) is 0 Å². The third-order valence-corrected chi connectivity index (χ3v) is 1.50. The maximum absolute atomic E-state index is 10.3. The Morgan fingerprint density at radius 1 is 1.46 bits per heavy atom. The Balaban J connectivity index is 0.000000310.